The van der Waals surface area contributed by atoms with Gasteiger partial charge in [-0.15, -0.1) is 0 Å². The molecule has 11 nitrogen and oxygen atoms in total. The number of pyridine rings is 1. The van der Waals surface area contributed by atoms with Crippen molar-refractivity contribution in [1.29, 1.82) is 0 Å². The van der Waals surface area contributed by atoms with Crippen molar-refractivity contribution in [1.82, 2.24) is 29.4 Å². The molecule has 0 aliphatic carbocycles. The Hall–Kier alpha value is -2.75. The first kappa shape index (κ1) is 21.5. The van der Waals surface area contributed by atoms with Crippen molar-refractivity contribution in [2.75, 3.05) is 55.4 Å². The van der Waals surface area contributed by atoms with Gasteiger partial charge in [-0.05, 0) is 50.9 Å². The smallest absolute Gasteiger partial charge is 0.328 e. The molecule has 0 saturated carbocycles. The second kappa shape index (κ2) is 9.17. The van der Waals surface area contributed by atoms with Crippen molar-refractivity contribution >= 4 is 36.8 Å². The molecule has 1 saturated heterocycles. The lowest BCUT2D eigenvalue weighted by Crippen LogP contribution is -2.26. The van der Waals surface area contributed by atoms with E-state index in [1.807, 2.05) is 25.5 Å². The molecule has 166 valence electrons. The molecular weight excluding hydrogens is 417 g/mol. The lowest BCUT2D eigenvalue weighted by Gasteiger charge is -2.18. The first-order valence-corrected chi connectivity index (χ1v) is 12.4. The molecule has 4 rings (SSSR count). The minimum absolute atomic E-state index is 0.0736. The molecule has 3 aromatic heterocycles. The van der Waals surface area contributed by atoms with Crippen LogP contribution in [-0.4, -0.2) is 74.1 Å². The molecule has 12 heteroatoms. The maximum Gasteiger partial charge on any atom is 0.328 e. The highest BCUT2D eigenvalue weighted by Gasteiger charge is 2.18. The average molecular weight is 445 g/mol. The predicted octanol–water partition coefficient (Wildman–Crippen LogP) is 1.50. The third-order valence-electron chi connectivity index (χ3n) is 5.29. The maximum absolute atomic E-state index is 12.5. The number of likely N-dealkylation sites (tertiary alicyclic amines) is 1. The molecule has 1 aliphatic heterocycles. The summed E-state index contributed by atoms with van der Waals surface area (Å²) in [5.41, 5.74) is 7.19. The van der Waals surface area contributed by atoms with Gasteiger partial charge >= 0.3 is 5.69 Å². The van der Waals surface area contributed by atoms with Crippen LogP contribution in [0.2, 0.25) is 0 Å². The number of aromatic amines is 1. The zero-order chi connectivity index (χ0) is 22.0. The number of nitrogens with zero attached hydrogens (tertiary/aromatic N) is 6. The topological polar surface area (TPSA) is 141 Å². The van der Waals surface area contributed by atoms with Crippen LogP contribution in [0, 0.1) is 0 Å². The molecule has 31 heavy (non-hydrogen) atoms. The molecule has 1 aliphatic rings. The lowest BCUT2D eigenvalue weighted by atomic mass is 10.3. The number of imidazole rings is 1. The quantitative estimate of drug-likeness (QED) is 0.300. The van der Waals surface area contributed by atoms with E-state index in [4.69, 9.17) is 5.73 Å². The van der Waals surface area contributed by atoms with Gasteiger partial charge in [-0.25, -0.2) is 14.6 Å². The maximum atomic E-state index is 12.5. The Morgan fingerprint density at radius 3 is 2.74 bits per heavy atom. The van der Waals surface area contributed by atoms with Gasteiger partial charge < -0.3 is 20.9 Å². The minimum Gasteiger partial charge on any atom is -0.382 e. The summed E-state index contributed by atoms with van der Waals surface area (Å²) >= 11 is 0. The number of hydrogen-bond donors (Lipinski definition) is 4. The first-order chi connectivity index (χ1) is 14.9. The molecule has 3 aromatic rings. The van der Waals surface area contributed by atoms with Crippen LogP contribution in [0.15, 0.2) is 23.1 Å². The third kappa shape index (κ3) is 4.79. The molecule has 0 radical (unpaired) electrons. The van der Waals surface area contributed by atoms with E-state index in [9.17, 15) is 10.0 Å². The summed E-state index contributed by atoms with van der Waals surface area (Å²) < 4.78 is 1.47. The van der Waals surface area contributed by atoms with Gasteiger partial charge in [0.05, 0.1) is 6.54 Å². The molecule has 1 fully saturated rings. The van der Waals surface area contributed by atoms with Crippen LogP contribution in [0.3, 0.4) is 0 Å². The van der Waals surface area contributed by atoms with Crippen LogP contribution in [0.1, 0.15) is 18.4 Å². The predicted molar refractivity (Wildman–Crippen MR) is 123 cm³/mol. The zero-order valence-corrected chi connectivity index (χ0v) is 18.6. The SMILES string of the molecule is CP(C)N(O)c1nc(N)c2[nH]c(=O)n(Cc3ccc(NCCN4CCCC4)nc3)c2n1. The number of fused-ring (bicyclic) bond motifs is 1. The minimum atomic E-state index is -0.878. The van der Waals surface area contributed by atoms with E-state index in [0.717, 1.165) is 29.3 Å². The summed E-state index contributed by atoms with van der Waals surface area (Å²) in [6.07, 6.45) is 4.31. The fraction of sp³-hybridized carbons (Fsp3) is 0.474. The van der Waals surface area contributed by atoms with Gasteiger partial charge in [-0.3, -0.25) is 9.77 Å². The number of nitrogens with one attached hydrogen (secondary N) is 2. The molecule has 0 bridgehead atoms. The highest BCUT2D eigenvalue weighted by Crippen LogP contribution is 2.33. The second-order valence-electron chi connectivity index (χ2n) is 7.79. The van der Waals surface area contributed by atoms with Gasteiger partial charge in [0.25, 0.3) is 5.95 Å². The number of anilines is 3. The standard InChI is InChI=1S/C19H28N9O2P/c1-31(2)28(30)18-24-16(20)15-17(25-18)27(19(29)23-15)12-13-5-6-14(22-11-13)21-7-10-26-8-3-4-9-26/h5-6,11,30H,3-4,7-10,12H2,1-2H3,(H,21,22)(H,23,29)(H2,20,24,25). The molecule has 4 heterocycles. The van der Waals surface area contributed by atoms with Crippen molar-refractivity contribution in [3.8, 4) is 0 Å². The number of nitrogens with two attached hydrogens (primary N) is 1. The number of rotatable bonds is 8. The van der Waals surface area contributed by atoms with Gasteiger partial charge in [0.2, 0.25) is 0 Å². The van der Waals surface area contributed by atoms with E-state index in [2.05, 4.69) is 30.2 Å². The molecule has 5 N–H and O–H groups in total. The van der Waals surface area contributed by atoms with Crippen molar-refractivity contribution in [2.45, 2.75) is 19.4 Å². The summed E-state index contributed by atoms with van der Waals surface area (Å²) in [4.78, 5) is 31.6. The fourth-order valence-corrected chi connectivity index (χ4v) is 4.06. The monoisotopic (exact) mass is 445 g/mol. The summed E-state index contributed by atoms with van der Waals surface area (Å²) in [6, 6.07) is 3.84. The Morgan fingerprint density at radius 1 is 1.29 bits per heavy atom. The Morgan fingerprint density at radius 2 is 2.06 bits per heavy atom. The summed E-state index contributed by atoms with van der Waals surface area (Å²) in [6.45, 7) is 8.20. The molecule has 0 amide bonds. The number of aromatic nitrogens is 5. The Kier molecular flexibility index (Phi) is 6.35. The second-order valence-corrected chi connectivity index (χ2v) is 9.86. The Labute approximate surface area is 181 Å². The van der Waals surface area contributed by atoms with E-state index in [1.54, 1.807) is 6.20 Å². The van der Waals surface area contributed by atoms with Crippen LogP contribution in [0.4, 0.5) is 17.6 Å². The van der Waals surface area contributed by atoms with E-state index in [1.165, 1.54) is 30.5 Å². The first-order valence-electron chi connectivity index (χ1n) is 10.3. The summed E-state index contributed by atoms with van der Waals surface area (Å²) in [5, 5.41) is 13.5. The van der Waals surface area contributed by atoms with E-state index < -0.39 is 8.07 Å². The number of H-pyrrole nitrogens is 1. The molecule has 0 spiro atoms. The third-order valence-corrected chi connectivity index (χ3v) is 6.23. The molecular formula is C19H28N9O2P. The van der Waals surface area contributed by atoms with Crippen molar-refractivity contribution in [2.24, 2.45) is 0 Å². The van der Waals surface area contributed by atoms with Crippen LogP contribution < -0.4 is 21.6 Å². The van der Waals surface area contributed by atoms with Crippen molar-refractivity contribution in [3.63, 3.8) is 0 Å². The normalized spacial score (nSPS) is 14.6. The van der Waals surface area contributed by atoms with Crippen LogP contribution in [0.25, 0.3) is 11.2 Å². The van der Waals surface area contributed by atoms with E-state index >= 15 is 0 Å². The highest BCUT2D eigenvalue weighted by molar-refractivity contribution is 7.57. The largest absolute Gasteiger partial charge is 0.382 e. The zero-order valence-electron chi connectivity index (χ0n) is 17.7. The Balaban J connectivity index is 1.49. The van der Waals surface area contributed by atoms with Crippen molar-refractivity contribution in [3.05, 3.63) is 34.4 Å². The fourth-order valence-electron chi connectivity index (χ4n) is 3.61. The van der Waals surface area contributed by atoms with Crippen molar-refractivity contribution < 1.29 is 5.21 Å². The van der Waals surface area contributed by atoms with Crippen LogP contribution in [0.5, 0.6) is 0 Å². The van der Waals surface area contributed by atoms with Gasteiger partial charge in [0, 0.05) is 27.4 Å². The van der Waals surface area contributed by atoms with Gasteiger partial charge in [0.15, 0.2) is 11.5 Å². The van der Waals surface area contributed by atoms with Gasteiger partial charge in [-0.1, -0.05) is 6.07 Å². The number of hydrogen-bond acceptors (Lipinski definition) is 9. The van der Waals surface area contributed by atoms with Gasteiger partial charge in [0.1, 0.15) is 11.3 Å². The van der Waals surface area contributed by atoms with Crippen LogP contribution in [-0.2, 0) is 6.54 Å². The van der Waals surface area contributed by atoms with E-state index in [0.29, 0.717) is 11.2 Å². The summed E-state index contributed by atoms with van der Waals surface area (Å²) in [5.74, 6) is 0.991. The number of nitrogen functional groups attached to an aromatic ring is 1. The molecule has 0 atom stereocenters. The highest BCUT2D eigenvalue weighted by atomic mass is 31.1. The average Bonchev–Trinajstić information content (AvgIpc) is 3.37. The molecule has 0 unspecified atom stereocenters. The summed E-state index contributed by atoms with van der Waals surface area (Å²) in [7, 11) is -0.878. The van der Waals surface area contributed by atoms with Crippen LogP contribution >= 0.6 is 8.07 Å². The van der Waals surface area contributed by atoms with Gasteiger partial charge in [-0.2, -0.15) is 9.97 Å². The van der Waals surface area contributed by atoms with E-state index in [-0.39, 0.29) is 24.0 Å². The Bertz CT molecular complexity index is 1090. The molecule has 0 aromatic carbocycles. The lowest BCUT2D eigenvalue weighted by molar-refractivity contribution is 0.321.